The lowest BCUT2D eigenvalue weighted by atomic mass is 9.99. The van der Waals surface area contributed by atoms with Gasteiger partial charge in [-0.15, -0.1) is 0 Å². The molecule has 0 N–H and O–H groups in total. The van der Waals surface area contributed by atoms with Gasteiger partial charge in [0.25, 0.3) is 5.91 Å². The number of rotatable bonds is 4. The fourth-order valence-electron chi connectivity index (χ4n) is 2.85. The molecule has 0 aliphatic carbocycles. The van der Waals surface area contributed by atoms with Gasteiger partial charge in [-0.2, -0.15) is 5.26 Å². The van der Waals surface area contributed by atoms with Gasteiger partial charge in [0.1, 0.15) is 11.3 Å². The highest BCUT2D eigenvalue weighted by atomic mass is 16.4. The van der Waals surface area contributed by atoms with Gasteiger partial charge in [-0.25, -0.2) is 4.79 Å². The van der Waals surface area contributed by atoms with E-state index < -0.39 is 5.63 Å². The molecule has 0 atom stereocenters. The SMILES string of the molecule is Cc1cc(CCc2ccccc2)oc(=O)c1C(=O)N1CC(C#N)C1. The number of carbonyl (C=O) groups is 1. The van der Waals surface area contributed by atoms with Gasteiger partial charge in [-0.1, -0.05) is 30.3 Å². The van der Waals surface area contributed by atoms with E-state index in [1.807, 2.05) is 30.3 Å². The van der Waals surface area contributed by atoms with Crippen molar-refractivity contribution in [3.05, 3.63) is 69.3 Å². The van der Waals surface area contributed by atoms with Crippen LogP contribution in [0.1, 0.15) is 27.2 Å². The number of aryl methyl sites for hydroxylation is 3. The highest BCUT2D eigenvalue weighted by Crippen LogP contribution is 2.19. The molecule has 0 bridgehead atoms. The second-order valence-corrected chi connectivity index (χ2v) is 6.08. The lowest BCUT2D eigenvalue weighted by molar-refractivity contribution is 0.0571. The molecule has 3 rings (SSSR count). The number of benzene rings is 1. The maximum Gasteiger partial charge on any atom is 0.349 e. The predicted molar refractivity (Wildman–Crippen MR) is 88.6 cm³/mol. The molecule has 1 saturated heterocycles. The summed E-state index contributed by atoms with van der Waals surface area (Å²) in [5, 5.41) is 8.79. The van der Waals surface area contributed by atoms with Crippen LogP contribution in [0.15, 0.2) is 45.6 Å². The first-order chi connectivity index (χ1) is 11.6. The normalized spacial score (nSPS) is 14.1. The monoisotopic (exact) mass is 322 g/mol. The third-order valence-electron chi connectivity index (χ3n) is 4.27. The molecule has 5 heteroatoms. The summed E-state index contributed by atoms with van der Waals surface area (Å²) >= 11 is 0. The fraction of sp³-hybridized carbons (Fsp3) is 0.316. The first kappa shape index (κ1) is 16.0. The molecule has 0 radical (unpaired) electrons. The average molecular weight is 322 g/mol. The van der Waals surface area contributed by atoms with Gasteiger partial charge in [0.2, 0.25) is 0 Å². The minimum Gasteiger partial charge on any atom is -0.427 e. The summed E-state index contributed by atoms with van der Waals surface area (Å²) in [5.74, 6) is 0.102. The first-order valence-electron chi connectivity index (χ1n) is 7.95. The Kier molecular flexibility index (Phi) is 4.48. The van der Waals surface area contributed by atoms with Crippen molar-refractivity contribution in [3.63, 3.8) is 0 Å². The van der Waals surface area contributed by atoms with E-state index in [1.165, 1.54) is 10.5 Å². The minimum absolute atomic E-state index is 0.0786. The predicted octanol–water partition coefficient (Wildman–Crippen LogP) is 2.33. The molecule has 1 fully saturated rings. The van der Waals surface area contributed by atoms with Crippen molar-refractivity contribution < 1.29 is 9.21 Å². The molecule has 5 nitrogen and oxygen atoms in total. The molecular weight excluding hydrogens is 304 g/mol. The molecule has 2 heterocycles. The molecule has 24 heavy (non-hydrogen) atoms. The van der Waals surface area contributed by atoms with E-state index in [0.29, 0.717) is 30.8 Å². The summed E-state index contributed by atoms with van der Waals surface area (Å²) in [6.45, 7) is 2.51. The third kappa shape index (κ3) is 3.23. The Morgan fingerprint density at radius 2 is 2.00 bits per heavy atom. The van der Waals surface area contributed by atoms with Crippen LogP contribution in [0, 0.1) is 24.2 Å². The smallest absolute Gasteiger partial charge is 0.349 e. The third-order valence-corrected chi connectivity index (χ3v) is 4.27. The summed E-state index contributed by atoms with van der Waals surface area (Å²) < 4.78 is 5.34. The van der Waals surface area contributed by atoms with Gasteiger partial charge in [0.05, 0.1) is 12.0 Å². The number of hydrogen-bond acceptors (Lipinski definition) is 4. The second kappa shape index (κ2) is 6.71. The van der Waals surface area contributed by atoms with Crippen LogP contribution in [0.3, 0.4) is 0 Å². The number of amides is 1. The van der Waals surface area contributed by atoms with Crippen LogP contribution in [-0.4, -0.2) is 23.9 Å². The number of nitriles is 1. The van der Waals surface area contributed by atoms with Crippen molar-refractivity contribution >= 4 is 5.91 Å². The van der Waals surface area contributed by atoms with E-state index >= 15 is 0 Å². The van der Waals surface area contributed by atoms with Crippen LogP contribution >= 0.6 is 0 Å². The molecule has 1 amide bonds. The Morgan fingerprint density at radius 3 is 2.62 bits per heavy atom. The topological polar surface area (TPSA) is 74.3 Å². The van der Waals surface area contributed by atoms with Crippen LogP contribution in [0.25, 0.3) is 0 Å². The zero-order chi connectivity index (χ0) is 17.1. The summed E-state index contributed by atoms with van der Waals surface area (Å²) in [4.78, 5) is 26.1. The van der Waals surface area contributed by atoms with E-state index in [9.17, 15) is 9.59 Å². The fourth-order valence-corrected chi connectivity index (χ4v) is 2.85. The van der Waals surface area contributed by atoms with Gasteiger partial charge in [-0.05, 0) is 30.5 Å². The van der Waals surface area contributed by atoms with Gasteiger partial charge in [0.15, 0.2) is 0 Å². The number of carbonyl (C=O) groups excluding carboxylic acids is 1. The van der Waals surface area contributed by atoms with Crippen molar-refractivity contribution in [1.29, 1.82) is 5.26 Å². The zero-order valence-electron chi connectivity index (χ0n) is 13.5. The molecule has 1 aromatic carbocycles. The average Bonchev–Trinajstić information content (AvgIpc) is 2.52. The van der Waals surface area contributed by atoms with Crippen molar-refractivity contribution in [1.82, 2.24) is 4.90 Å². The summed E-state index contributed by atoms with van der Waals surface area (Å²) in [5.41, 5.74) is 1.28. The highest BCUT2D eigenvalue weighted by molar-refractivity contribution is 5.95. The quantitative estimate of drug-likeness (QED) is 0.866. The van der Waals surface area contributed by atoms with Crippen LogP contribution in [0.2, 0.25) is 0 Å². The minimum atomic E-state index is -0.594. The van der Waals surface area contributed by atoms with Crippen molar-refractivity contribution in [2.45, 2.75) is 19.8 Å². The van der Waals surface area contributed by atoms with E-state index in [-0.39, 0.29) is 17.4 Å². The summed E-state index contributed by atoms with van der Waals surface area (Å²) in [7, 11) is 0. The van der Waals surface area contributed by atoms with E-state index in [1.54, 1.807) is 13.0 Å². The first-order valence-corrected chi connectivity index (χ1v) is 7.95. The molecular formula is C19H18N2O3. The lowest BCUT2D eigenvalue weighted by Crippen LogP contribution is -2.50. The summed E-state index contributed by atoms with van der Waals surface area (Å²) in [6.07, 6.45) is 1.38. The van der Waals surface area contributed by atoms with E-state index in [2.05, 4.69) is 6.07 Å². The van der Waals surface area contributed by atoms with Crippen LogP contribution < -0.4 is 5.63 Å². The van der Waals surface area contributed by atoms with Crippen LogP contribution in [0.4, 0.5) is 0 Å². The van der Waals surface area contributed by atoms with Crippen molar-refractivity contribution in [3.8, 4) is 6.07 Å². The van der Waals surface area contributed by atoms with Gasteiger partial charge in [-0.3, -0.25) is 4.79 Å². The molecule has 1 aliphatic rings. The molecule has 122 valence electrons. The molecule has 0 unspecified atom stereocenters. The Morgan fingerprint density at radius 1 is 1.29 bits per heavy atom. The van der Waals surface area contributed by atoms with Crippen LogP contribution in [-0.2, 0) is 12.8 Å². The van der Waals surface area contributed by atoms with Gasteiger partial charge in [0, 0.05) is 19.5 Å². The van der Waals surface area contributed by atoms with Crippen molar-refractivity contribution in [2.24, 2.45) is 5.92 Å². The van der Waals surface area contributed by atoms with Crippen LogP contribution in [0.5, 0.6) is 0 Å². The van der Waals surface area contributed by atoms with Gasteiger partial charge >= 0.3 is 5.63 Å². The molecule has 1 aromatic heterocycles. The van der Waals surface area contributed by atoms with Crippen molar-refractivity contribution in [2.75, 3.05) is 13.1 Å². The zero-order valence-corrected chi connectivity index (χ0v) is 13.5. The Balaban J connectivity index is 1.73. The largest absolute Gasteiger partial charge is 0.427 e. The lowest BCUT2D eigenvalue weighted by Gasteiger charge is -2.35. The van der Waals surface area contributed by atoms with E-state index in [4.69, 9.17) is 9.68 Å². The second-order valence-electron chi connectivity index (χ2n) is 6.08. The molecule has 1 aliphatic heterocycles. The number of likely N-dealkylation sites (tertiary alicyclic amines) is 1. The maximum absolute atomic E-state index is 12.4. The Hall–Kier alpha value is -2.87. The molecule has 2 aromatic rings. The summed E-state index contributed by atoms with van der Waals surface area (Å²) in [6, 6.07) is 13.8. The molecule has 0 saturated carbocycles. The van der Waals surface area contributed by atoms with E-state index in [0.717, 1.165) is 6.42 Å². The Bertz CT molecular complexity index is 843. The highest BCUT2D eigenvalue weighted by Gasteiger charge is 2.33. The van der Waals surface area contributed by atoms with Gasteiger partial charge < -0.3 is 9.32 Å². The Labute approximate surface area is 140 Å². The number of hydrogen-bond donors (Lipinski definition) is 0. The standard InChI is InChI=1S/C19H18N2O3/c1-13-9-16(8-7-14-5-3-2-4-6-14)24-19(23)17(13)18(22)21-11-15(10-20)12-21/h2-6,9,15H,7-8,11-12H2,1H3. The molecule has 0 spiro atoms. The maximum atomic E-state index is 12.4. The number of nitrogens with zero attached hydrogens (tertiary/aromatic N) is 2.